The van der Waals surface area contributed by atoms with Crippen LogP contribution in [0, 0.1) is 11.2 Å². The van der Waals surface area contributed by atoms with Crippen LogP contribution in [0.1, 0.15) is 32.6 Å². The predicted molar refractivity (Wildman–Crippen MR) is 68.0 cm³/mol. The van der Waals surface area contributed by atoms with E-state index in [1.54, 1.807) is 6.07 Å². The van der Waals surface area contributed by atoms with Crippen molar-refractivity contribution in [2.45, 2.75) is 32.6 Å². The summed E-state index contributed by atoms with van der Waals surface area (Å²) < 4.78 is 14.5. The first-order chi connectivity index (χ1) is 8.71. The number of halogens is 1. The molecule has 4 nitrogen and oxygen atoms in total. The van der Waals surface area contributed by atoms with Gasteiger partial charge < -0.3 is 5.32 Å². The molecule has 1 N–H and O–H groups in total. The number of hydrogen-bond donors (Lipinski definition) is 1. The van der Waals surface area contributed by atoms with E-state index in [1.807, 2.05) is 0 Å². The maximum Gasteiger partial charge on any atom is 0.243 e. The average molecular weight is 248 g/mol. The number of pyridine rings is 1. The van der Waals surface area contributed by atoms with Crippen LogP contribution in [0.5, 0.6) is 0 Å². The predicted octanol–water partition coefficient (Wildman–Crippen LogP) is 2.86. The van der Waals surface area contributed by atoms with Gasteiger partial charge in [0.1, 0.15) is 5.82 Å². The number of fused-ring (bicyclic) bond motifs is 1. The Morgan fingerprint density at radius 2 is 2.28 bits per heavy atom. The first-order valence-electron chi connectivity index (χ1n) is 6.47. The van der Waals surface area contributed by atoms with Crippen molar-refractivity contribution in [3.63, 3.8) is 0 Å². The molecule has 18 heavy (non-hydrogen) atoms. The quantitative estimate of drug-likeness (QED) is 0.884. The van der Waals surface area contributed by atoms with Gasteiger partial charge in [-0.2, -0.15) is 4.98 Å². The molecule has 0 bridgehead atoms. The van der Waals surface area contributed by atoms with E-state index >= 15 is 0 Å². The van der Waals surface area contributed by atoms with Crippen LogP contribution in [-0.2, 0) is 0 Å². The van der Waals surface area contributed by atoms with E-state index in [-0.39, 0.29) is 5.82 Å². The zero-order valence-corrected chi connectivity index (χ0v) is 10.5. The molecule has 2 aromatic rings. The van der Waals surface area contributed by atoms with Crippen LogP contribution >= 0.6 is 0 Å². The van der Waals surface area contributed by atoms with E-state index < -0.39 is 0 Å². The highest BCUT2D eigenvalue weighted by atomic mass is 19.1. The molecule has 0 spiro atoms. The molecule has 1 aliphatic carbocycles. The largest absolute Gasteiger partial charge is 0.352 e. The van der Waals surface area contributed by atoms with Crippen LogP contribution in [0.4, 0.5) is 10.3 Å². The normalized spacial score (nSPS) is 17.0. The smallest absolute Gasteiger partial charge is 0.243 e. The second-order valence-electron chi connectivity index (χ2n) is 5.19. The molecule has 0 aliphatic heterocycles. The van der Waals surface area contributed by atoms with E-state index in [0.29, 0.717) is 17.0 Å². The van der Waals surface area contributed by atoms with Crippen LogP contribution in [0.15, 0.2) is 18.3 Å². The van der Waals surface area contributed by atoms with Crippen molar-refractivity contribution in [3.05, 3.63) is 24.1 Å². The van der Waals surface area contributed by atoms with Crippen molar-refractivity contribution < 1.29 is 4.39 Å². The Labute approximate surface area is 105 Å². The van der Waals surface area contributed by atoms with Gasteiger partial charge in [0.15, 0.2) is 5.65 Å². The third-order valence-electron chi connectivity index (χ3n) is 3.65. The van der Waals surface area contributed by atoms with Gasteiger partial charge in [-0.05, 0) is 36.8 Å². The third-order valence-corrected chi connectivity index (χ3v) is 3.65. The highest BCUT2D eigenvalue weighted by Gasteiger charge is 2.41. The fourth-order valence-electron chi connectivity index (χ4n) is 2.42. The van der Waals surface area contributed by atoms with Gasteiger partial charge >= 0.3 is 0 Å². The molecule has 0 saturated heterocycles. The lowest BCUT2D eigenvalue weighted by molar-refractivity contribution is 0.484. The summed E-state index contributed by atoms with van der Waals surface area (Å²) in [4.78, 5) is 4.32. The van der Waals surface area contributed by atoms with Crippen molar-refractivity contribution in [2.24, 2.45) is 5.41 Å². The molecule has 2 heterocycles. The van der Waals surface area contributed by atoms with Crippen molar-refractivity contribution in [2.75, 3.05) is 11.9 Å². The van der Waals surface area contributed by atoms with E-state index in [0.717, 1.165) is 6.54 Å². The minimum absolute atomic E-state index is 0.302. The number of nitrogens with one attached hydrogen (secondary N) is 1. The molecule has 0 amide bonds. The Bertz CT molecular complexity index is 559. The summed E-state index contributed by atoms with van der Waals surface area (Å²) in [5.41, 5.74) is 1.12. The molecular formula is C13H17FN4. The number of aromatic nitrogens is 3. The molecule has 96 valence electrons. The Balaban J connectivity index is 1.71. The van der Waals surface area contributed by atoms with Crippen LogP contribution in [0.3, 0.4) is 0 Å². The standard InChI is InChI=1S/C13H17FN4/c1-2-5-13(6-7-13)9-15-12-16-11-4-3-10(14)8-18(11)17-12/h3-4,8H,2,5-7,9H2,1H3,(H,15,17). The van der Waals surface area contributed by atoms with Gasteiger partial charge in [-0.3, -0.25) is 0 Å². The lowest BCUT2D eigenvalue weighted by Gasteiger charge is -2.13. The maximum absolute atomic E-state index is 13.0. The number of anilines is 1. The summed E-state index contributed by atoms with van der Waals surface area (Å²) in [6.45, 7) is 3.13. The topological polar surface area (TPSA) is 42.2 Å². The van der Waals surface area contributed by atoms with E-state index in [2.05, 4.69) is 22.3 Å². The number of rotatable bonds is 5. The SMILES string of the molecule is CCCC1(CNc2nc3ccc(F)cn3n2)CC1. The fourth-order valence-corrected chi connectivity index (χ4v) is 2.42. The van der Waals surface area contributed by atoms with Gasteiger partial charge in [-0.1, -0.05) is 13.3 Å². The summed E-state index contributed by atoms with van der Waals surface area (Å²) >= 11 is 0. The average Bonchev–Trinajstić information content (AvgIpc) is 2.99. The Kier molecular flexibility index (Phi) is 2.69. The summed E-state index contributed by atoms with van der Waals surface area (Å²) in [6.07, 6.45) is 6.38. The van der Waals surface area contributed by atoms with Gasteiger partial charge in [-0.25, -0.2) is 8.91 Å². The molecule has 0 atom stereocenters. The van der Waals surface area contributed by atoms with Gasteiger partial charge in [0.2, 0.25) is 5.95 Å². The third kappa shape index (κ3) is 2.17. The van der Waals surface area contributed by atoms with E-state index in [4.69, 9.17) is 0 Å². The van der Waals surface area contributed by atoms with Gasteiger partial charge in [-0.15, -0.1) is 5.10 Å². The lowest BCUT2D eigenvalue weighted by Crippen LogP contribution is -2.15. The molecule has 2 aromatic heterocycles. The van der Waals surface area contributed by atoms with Gasteiger partial charge in [0.25, 0.3) is 0 Å². The second kappa shape index (κ2) is 4.23. The minimum atomic E-state index is -0.302. The molecule has 5 heteroatoms. The zero-order valence-electron chi connectivity index (χ0n) is 10.5. The zero-order chi connectivity index (χ0) is 12.6. The first kappa shape index (κ1) is 11.4. The highest BCUT2D eigenvalue weighted by molar-refractivity contribution is 5.43. The molecule has 1 fully saturated rings. The van der Waals surface area contributed by atoms with E-state index in [1.165, 1.54) is 42.5 Å². The summed E-state index contributed by atoms with van der Waals surface area (Å²) in [5.74, 6) is 0.284. The molecule has 0 aromatic carbocycles. The van der Waals surface area contributed by atoms with Crippen LogP contribution in [0.2, 0.25) is 0 Å². The van der Waals surface area contributed by atoms with Crippen molar-refractivity contribution in [1.29, 1.82) is 0 Å². The van der Waals surface area contributed by atoms with Crippen LogP contribution in [0.25, 0.3) is 5.65 Å². The molecular weight excluding hydrogens is 231 g/mol. The van der Waals surface area contributed by atoms with Gasteiger partial charge in [0.05, 0.1) is 6.20 Å². The molecule has 1 aliphatic rings. The first-order valence-corrected chi connectivity index (χ1v) is 6.47. The second-order valence-corrected chi connectivity index (χ2v) is 5.19. The summed E-state index contributed by atoms with van der Waals surface area (Å²) in [5, 5.41) is 7.49. The Morgan fingerprint density at radius 1 is 1.44 bits per heavy atom. The fraction of sp³-hybridized carbons (Fsp3) is 0.538. The number of hydrogen-bond acceptors (Lipinski definition) is 3. The minimum Gasteiger partial charge on any atom is -0.352 e. The Morgan fingerprint density at radius 3 is 3.00 bits per heavy atom. The lowest BCUT2D eigenvalue weighted by atomic mass is 10.0. The van der Waals surface area contributed by atoms with Crippen molar-refractivity contribution in [1.82, 2.24) is 14.6 Å². The molecule has 0 radical (unpaired) electrons. The molecule has 3 rings (SSSR count). The van der Waals surface area contributed by atoms with Crippen molar-refractivity contribution in [3.8, 4) is 0 Å². The van der Waals surface area contributed by atoms with Gasteiger partial charge in [0, 0.05) is 6.54 Å². The summed E-state index contributed by atoms with van der Waals surface area (Å²) in [7, 11) is 0. The van der Waals surface area contributed by atoms with Crippen LogP contribution < -0.4 is 5.32 Å². The molecule has 1 saturated carbocycles. The Hall–Kier alpha value is -1.65. The number of nitrogens with zero attached hydrogens (tertiary/aromatic N) is 3. The van der Waals surface area contributed by atoms with Crippen LogP contribution in [-0.4, -0.2) is 21.1 Å². The maximum atomic E-state index is 13.0. The van der Waals surface area contributed by atoms with Crippen molar-refractivity contribution >= 4 is 11.6 Å². The molecule has 0 unspecified atom stereocenters. The summed E-state index contributed by atoms with van der Waals surface area (Å²) in [6, 6.07) is 3.03. The monoisotopic (exact) mass is 248 g/mol. The highest BCUT2D eigenvalue weighted by Crippen LogP contribution is 2.49. The van der Waals surface area contributed by atoms with E-state index in [9.17, 15) is 4.39 Å².